The number of hydrogen-bond donors (Lipinski definition) is 2. The van der Waals surface area contributed by atoms with Crippen LogP contribution in [0.5, 0.6) is 0 Å². The first-order valence-electron chi connectivity index (χ1n) is 10.3. The van der Waals surface area contributed by atoms with Crippen molar-refractivity contribution in [3.8, 4) is 0 Å². The molecule has 4 heterocycles. The molecule has 0 spiro atoms. The fourth-order valence-corrected chi connectivity index (χ4v) is 4.14. The topological polar surface area (TPSA) is 99.8 Å². The van der Waals surface area contributed by atoms with Gasteiger partial charge in [0.1, 0.15) is 16.6 Å². The van der Waals surface area contributed by atoms with Gasteiger partial charge in [0.15, 0.2) is 5.69 Å². The number of anilines is 2. The standard InChI is InChI=1S/C22H24ClN5O3/c1-13-10-15(14(2)24-16-6-7-17(23)25-20(16)22(30)31)21-26-18(11-19(29)28(21)12-13)27-8-4-3-5-9-27/h6-7,10-12,14,24H,3-5,8-9H2,1-2H3,(H,30,31)/t14-/m1/s1. The smallest absolute Gasteiger partial charge is 0.356 e. The zero-order chi connectivity index (χ0) is 22.1. The molecule has 0 aliphatic carbocycles. The van der Waals surface area contributed by atoms with E-state index in [2.05, 4.69) is 15.2 Å². The third kappa shape index (κ3) is 4.34. The predicted octanol–water partition coefficient (Wildman–Crippen LogP) is 3.91. The van der Waals surface area contributed by atoms with Gasteiger partial charge in [0.05, 0.1) is 11.7 Å². The number of carbonyl (C=O) groups is 1. The number of piperidine rings is 1. The highest BCUT2D eigenvalue weighted by molar-refractivity contribution is 6.29. The number of aromatic carboxylic acids is 1. The van der Waals surface area contributed by atoms with Gasteiger partial charge in [0.2, 0.25) is 0 Å². The summed E-state index contributed by atoms with van der Waals surface area (Å²) in [4.78, 5) is 35.4. The van der Waals surface area contributed by atoms with Gasteiger partial charge in [0.25, 0.3) is 5.56 Å². The van der Waals surface area contributed by atoms with Gasteiger partial charge in [-0.2, -0.15) is 0 Å². The van der Waals surface area contributed by atoms with E-state index < -0.39 is 5.97 Å². The Kier molecular flexibility index (Phi) is 5.82. The van der Waals surface area contributed by atoms with Gasteiger partial charge >= 0.3 is 5.97 Å². The van der Waals surface area contributed by atoms with Crippen LogP contribution in [0.15, 0.2) is 35.3 Å². The molecule has 0 amide bonds. The van der Waals surface area contributed by atoms with Crippen molar-refractivity contribution in [2.45, 2.75) is 39.2 Å². The van der Waals surface area contributed by atoms with E-state index in [9.17, 15) is 14.7 Å². The normalized spacial score (nSPS) is 15.1. The summed E-state index contributed by atoms with van der Waals surface area (Å²) in [5.74, 6) is -0.491. The minimum Gasteiger partial charge on any atom is -0.476 e. The van der Waals surface area contributed by atoms with Crippen LogP contribution in [0.2, 0.25) is 5.15 Å². The lowest BCUT2D eigenvalue weighted by molar-refractivity contribution is 0.0691. The maximum Gasteiger partial charge on any atom is 0.356 e. The number of hydrogen-bond acceptors (Lipinski definition) is 6. The maximum atomic E-state index is 12.9. The lowest BCUT2D eigenvalue weighted by Crippen LogP contribution is -2.32. The van der Waals surface area contributed by atoms with Crippen LogP contribution in [0.1, 0.15) is 53.8 Å². The Morgan fingerprint density at radius 1 is 1.19 bits per heavy atom. The summed E-state index contributed by atoms with van der Waals surface area (Å²) in [7, 11) is 0. The number of aromatic nitrogens is 3. The number of aryl methyl sites for hydroxylation is 1. The summed E-state index contributed by atoms with van der Waals surface area (Å²) >= 11 is 5.87. The number of pyridine rings is 2. The molecule has 1 aliphatic rings. The Morgan fingerprint density at radius 2 is 1.94 bits per heavy atom. The fourth-order valence-electron chi connectivity index (χ4n) is 3.99. The highest BCUT2D eigenvalue weighted by Gasteiger charge is 2.20. The van der Waals surface area contributed by atoms with Crippen LogP contribution in [0, 0.1) is 6.92 Å². The predicted molar refractivity (Wildman–Crippen MR) is 121 cm³/mol. The molecule has 1 fully saturated rings. The molecule has 4 rings (SSSR count). The van der Waals surface area contributed by atoms with E-state index in [-0.39, 0.29) is 22.4 Å². The van der Waals surface area contributed by atoms with Crippen LogP contribution in [0.25, 0.3) is 5.65 Å². The Labute approximate surface area is 184 Å². The molecule has 0 radical (unpaired) electrons. The maximum absolute atomic E-state index is 12.9. The number of nitrogens with zero attached hydrogens (tertiary/aromatic N) is 4. The Hall–Kier alpha value is -3.13. The lowest BCUT2D eigenvalue weighted by Gasteiger charge is -2.28. The largest absolute Gasteiger partial charge is 0.476 e. The quantitative estimate of drug-likeness (QED) is 0.579. The summed E-state index contributed by atoms with van der Waals surface area (Å²) in [6, 6.07) is 6.34. The molecule has 0 aromatic carbocycles. The van der Waals surface area contributed by atoms with Crippen LogP contribution in [0.4, 0.5) is 11.5 Å². The van der Waals surface area contributed by atoms with Gasteiger partial charge in [0, 0.05) is 30.9 Å². The van der Waals surface area contributed by atoms with Crippen LogP contribution in [-0.4, -0.2) is 38.5 Å². The van der Waals surface area contributed by atoms with Crippen molar-refractivity contribution in [2.24, 2.45) is 0 Å². The number of nitrogens with one attached hydrogen (secondary N) is 1. The van der Waals surface area contributed by atoms with Gasteiger partial charge < -0.3 is 15.3 Å². The number of carboxylic acid groups (broad SMARTS) is 1. The third-order valence-electron chi connectivity index (χ3n) is 5.50. The molecule has 0 saturated carbocycles. The number of carboxylic acids is 1. The minimum atomic E-state index is -1.17. The number of halogens is 1. The van der Waals surface area contributed by atoms with Crippen LogP contribution >= 0.6 is 11.6 Å². The van der Waals surface area contributed by atoms with Gasteiger partial charge in [-0.25, -0.2) is 14.8 Å². The lowest BCUT2D eigenvalue weighted by atomic mass is 10.1. The van der Waals surface area contributed by atoms with Crippen molar-refractivity contribution in [3.63, 3.8) is 0 Å². The molecule has 9 heteroatoms. The van der Waals surface area contributed by atoms with Gasteiger partial charge in [-0.15, -0.1) is 0 Å². The molecule has 3 aromatic heterocycles. The first kappa shape index (κ1) is 21.1. The van der Waals surface area contributed by atoms with Crippen LogP contribution in [-0.2, 0) is 0 Å². The Balaban J connectivity index is 1.78. The zero-order valence-corrected chi connectivity index (χ0v) is 18.2. The second-order valence-corrected chi connectivity index (χ2v) is 8.26. The average Bonchev–Trinajstić information content (AvgIpc) is 2.75. The minimum absolute atomic E-state index is 0.107. The molecule has 2 N–H and O–H groups in total. The zero-order valence-electron chi connectivity index (χ0n) is 17.4. The molecule has 0 bridgehead atoms. The Bertz CT molecular complexity index is 1200. The van der Waals surface area contributed by atoms with E-state index in [1.165, 1.54) is 12.5 Å². The molecule has 8 nitrogen and oxygen atoms in total. The third-order valence-corrected chi connectivity index (χ3v) is 5.71. The van der Waals surface area contributed by atoms with E-state index in [4.69, 9.17) is 16.6 Å². The molecular formula is C22H24ClN5O3. The number of fused-ring (bicyclic) bond motifs is 1. The second-order valence-electron chi connectivity index (χ2n) is 7.87. The summed E-state index contributed by atoms with van der Waals surface area (Å²) in [5.41, 5.74) is 2.30. The monoisotopic (exact) mass is 441 g/mol. The van der Waals surface area contributed by atoms with Crippen molar-refractivity contribution in [2.75, 3.05) is 23.3 Å². The van der Waals surface area contributed by atoms with Crippen LogP contribution < -0.4 is 15.8 Å². The van der Waals surface area contributed by atoms with Gasteiger partial charge in [-0.1, -0.05) is 11.6 Å². The summed E-state index contributed by atoms with van der Waals surface area (Å²) in [5, 5.41) is 12.8. The molecule has 1 aliphatic heterocycles. The van der Waals surface area contributed by atoms with E-state index in [0.29, 0.717) is 17.2 Å². The molecular weight excluding hydrogens is 418 g/mol. The highest BCUT2D eigenvalue weighted by atomic mass is 35.5. The summed E-state index contributed by atoms with van der Waals surface area (Å²) in [6.07, 6.45) is 5.13. The second kappa shape index (κ2) is 8.55. The Morgan fingerprint density at radius 3 is 2.65 bits per heavy atom. The fraction of sp³-hybridized carbons (Fsp3) is 0.364. The molecule has 0 unspecified atom stereocenters. The average molecular weight is 442 g/mol. The summed E-state index contributed by atoms with van der Waals surface area (Å²) < 4.78 is 1.55. The van der Waals surface area contributed by atoms with Crippen molar-refractivity contribution in [3.05, 3.63) is 62.8 Å². The SMILES string of the molecule is Cc1cc([C@@H](C)Nc2ccc(Cl)nc2C(=O)O)c2nc(N3CCCCC3)cc(=O)n2c1. The van der Waals surface area contributed by atoms with Crippen molar-refractivity contribution < 1.29 is 9.90 Å². The molecule has 162 valence electrons. The number of rotatable bonds is 5. The van der Waals surface area contributed by atoms with Gasteiger partial charge in [-0.05, 0) is 56.9 Å². The van der Waals surface area contributed by atoms with E-state index in [1.54, 1.807) is 22.7 Å². The van der Waals surface area contributed by atoms with Crippen molar-refractivity contribution in [1.82, 2.24) is 14.4 Å². The molecule has 1 atom stereocenters. The van der Waals surface area contributed by atoms with E-state index in [0.717, 1.165) is 37.1 Å². The molecule has 1 saturated heterocycles. The van der Waals surface area contributed by atoms with Crippen molar-refractivity contribution in [1.29, 1.82) is 0 Å². The van der Waals surface area contributed by atoms with E-state index in [1.807, 2.05) is 19.9 Å². The highest BCUT2D eigenvalue weighted by Crippen LogP contribution is 2.27. The van der Waals surface area contributed by atoms with Crippen LogP contribution in [0.3, 0.4) is 0 Å². The first-order valence-corrected chi connectivity index (χ1v) is 10.7. The van der Waals surface area contributed by atoms with E-state index >= 15 is 0 Å². The molecule has 3 aromatic rings. The van der Waals surface area contributed by atoms with Gasteiger partial charge in [-0.3, -0.25) is 9.20 Å². The van der Waals surface area contributed by atoms with Crippen molar-refractivity contribution >= 4 is 34.7 Å². The summed E-state index contributed by atoms with van der Waals surface area (Å²) in [6.45, 7) is 5.58. The molecule has 31 heavy (non-hydrogen) atoms. The first-order chi connectivity index (χ1) is 14.8.